The second-order valence-electron chi connectivity index (χ2n) is 2.07. The van der Waals surface area contributed by atoms with Gasteiger partial charge in [0.2, 0.25) is 10.0 Å². The predicted molar refractivity (Wildman–Crippen MR) is 46.1 cm³/mol. The molecule has 0 aromatic heterocycles. The zero-order valence-electron chi connectivity index (χ0n) is 5.82. The molecule has 4 nitrogen and oxygen atoms in total. The number of hydrogen-bond donors (Lipinski definition) is 1. The van der Waals surface area contributed by atoms with Crippen LogP contribution >= 0.6 is 10.7 Å². The van der Waals surface area contributed by atoms with Crippen molar-refractivity contribution in [2.75, 3.05) is 11.5 Å². The number of primary sulfonamides is 1. The van der Waals surface area contributed by atoms with Crippen molar-refractivity contribution in [2.45, 2.75) is 12.8 Å². The zero-order valence-corrected chi connectivity index (χ0v) is 8.21. The molecule has 0 aromatic rings. The van der Waals surface area contributed by atoms with Gasteiger partial charge in [-0.1, -0.05) is 0 Å². The van der Waals surface area contributed by atoms with Crippen molar-refractivity contribution < 1.29 is 12.6 Å². The maximum atomic E-state index is 10.3. The van der Waals surface area contributed by atoms with Gasteiger partial charge in [0.25, 0.3) is 0 Å². The van der Waals surface area contributed by atoms with E-state index in [2.05, 4.69) is 0 Å². The van der Waals surface area contributed by atoms with Crippen LogP contribution in [-0.2, 0) is 20.0 Å². The average Bonchev–Trinajstić information content (AvgIpc) is 1.78. The molecule has 0 aliphatic heterocycles. The number of rotatable bonds is 5. The fourth-order valence-electron chi connectivity index (χ4n) is 0.519. The molecule has 0 aliphatic carbocycles. The average molecular weight is 220 g/mol. The molecule has 2 N–H and O–H groups in total. The third-order valence-electron chi connectivity index (χ3n) is 0.984. The molecule has 0 saturated heterocycles. The first-order valence-electron chi connectivity index (χ1n) is 2.97. The van der Waals surface area contributed by atoms with E-state index in [1.54, 1.807) is 0 Å². The lowest BCUT2D eigenvalue weighted by atomic mass is 10.4. The number of hydrogen-bond acceptors (Lipinski definition) is 3. The van der Waals surface area contributed by atoms with Crippen LogP contribution in [0.1, 0.15) is 12.8 Å². The highest BCUT2D eigenvalue weighted by Crippen LogP contribution is 1.97. The fraction of sp³-hybridized carbons (Fsp3) is 1.00. The van der Waals surface area contributed by atoms with Crippen molar-refractivity contribution in [1.29, 1.82) is 0 Å². The largest absolute Gasteiger partial charge is 0.243 e. The Labute approximate surface area is 73.1 Å². The molecule has 11 heavy (non-hydrogen) atoms. The van der Waals surface area contributed by atoms with Gasteiger partial charge in [0.15, 0.2) is 0 Å². The summed E-state index contributed by atoms with van der Waals surface area (Å²) in [5.41, 5.74) is 0. The lowest BCUT2D eigenvalue weighted by molar-refractivity contribution is 0.594. The Balaban J connectivity index is 3.37. The van der Waals surface area contributed by atoms with Crippen LogP contribution in [-0.4, -0.2) is 24.1 Å². The van der Waals surface area contributed by atoms with E-state index < -0.39 is 20.0 Å². The SMILES string of the molecule is NS(=O)(=O)CCCCS(=O)Cl. The number of nitrogens with two attached hydrogens (primary N) is 1. The summed E-state index contributed by atoms with van der Waals surface area (Å²) in [5.74, 6) is 0.248. The first-order valence-corrected chi connectivity index (χ1v) is 6.83. The van der Waals surface area contributed by atoms with Gasteiger partial charge in [-0.2, -0.15) is 0 Å². The van der Waals surface area contributed by atoms with Gasteiger partial charge in [0, 0.05) is 5.75 Å². The Morgan fingerprint density at radius 2 is 1.91 bits per heavy atom. The number of sulfonamides is 1. The maximum Gasteiger partial charge on any atom is 0.209 e. The van der Waals surface area contributed by atoms with Gasteiger partial charge in [-0.15, -0.1) is 0 Å². The van der Waals surface area contributed by atoms with Crippen LogP contribution in [0.2, 0.25) is 0 Å². The standard InChI is InChI=1S/C4H10ClNO3S2/c5-10(7)3-1-2-4-11(6,8)9/h1-4H2,(H2,6,8,9). The van der Waals surface area contributed by atoms with E-state index in [0.29, 0.717) is 18.6 Å². The summed E-state index contributed by atoms with van der Waals surface area (Å²) < 4.78 is 31.0. The van der Waals surface area contributed by atoms with Crippen LogP contribution in [0, 0.1) is 0 Å². The quantitative estimate of drug-likeness (QED) is 0.521. The van der Waals surface area contributed by atoms with Crippen molar-refractivity contribution in [3.8, 4) is 0 Å². The molecule has 0 aliphatic rings. The third kappa shape index (κ3) is 10.4. The second-order valence-corrected chi connectivity index (χ2v) is 5.82. The van der Waals surface area contributed by atoms with E-state index in [-0.39, 0.29) is 5.75 Å². The van der Waals surface area contributed by atoms with Gasteiger partial charge in [-0.05, 0) is 23.5 Å². The zero-order chi connectivity index (χ0) is 8.91. The fourth-order valence-corrected chi connectivity index (χ4v) is 1.88. The van der Waals surface area contributed by atoms with Crippen molar-refractivity contribution >= 4 is 30.7 Å². The Morgan fingerprint density at radius 1 is 1.36 bits per heavy atom. The molecule has 1 atom stereocenters. The van der Waals surface area contributed by atoms with Crippen LogP contribution in [0.25, 0.3) is 0 Å². The van der Waals surface area contributed by atoms with Crippen LogP contribution in [0.4, 0.5) is 0 Å². The number of halogens is 1. The molecule has 68 valence electrons. The van der Waals surface area contributed by atoms with Crippen LogP contribution in [0.3, 0.4) is 0 Å². The van der Waals surface area contributed by atoms with Crippen molar-refractivity contribution in [3.63, 3.8) is 0 Å². The van der Waals surface area contributed by atoms with Gasteiger partial charge in [-0.3, -0.25) is 0 Å². The predicted octanol–water partition coefficient (Wildman–Crippen LogP) is -0.0424. The van der Waals surface area contributed by atoms with E-state index >= 15 is 0 Å². The highest BCUT2D eigenvalue weighted by molar-refractivity contribution is 8.08. The van der Waals surface area contributed by atoms with Crippen LogP contribution < -0.4 is 5.14 Å². The van der Waals surface area contributed by atoms with Gasteiger partial charge < -0.3 is 0 Å². The van der Waals surface area contributed by atoms with Crippen molar-refractivity contribution in [2.24, 2.45) is 5.14 Å². The lowest BCUT2D eigenvalue weighted by Gasteiger charge is -1.95. The highest BCUT2D eigenvalue weighted by atomic mass is 35.7. The molecule has 0 rings (SSSR count). The Kier molecular flexibility index (Phi) is 5.24. The minimum Gasteiger partial charge on any atom is -0.243 e. The van der Waals surface area contributed by atoms with Gasteiger partial charge >= 0.3 is 0 Å². The molecule has 1 unspecified atom stereocenters. The summed E-state index contributed by atoms with van der Waals surface area (Å²) in [6.07, 6.45) is 0.934. The Morgan fingerprint density at radius 3 is 2.27 bits per heavy atom. The van der Waals surface area contributed by atoms with Gasteiger partial charge in [0.1, 0.15) is 10.0 Å². The second kappa shape index (κ2) is 5.08. The summed E-state index contributed by atoms with van der Waals surface area (Å²) >= 11 is 0. The molecular formula is C4H10ClNO3S2. The summed E-state index contributed by atoms with van der Waals surface area (Å²) in [6, 6.07) is 0. The van der Waals surface area contributed by atoms with Gasteiger partial charge in [0.05, 0.1) is 5.75 Å². The molecule has 0 heterocycles. The molecule has 0 spiro atoms. The van der Waals surface area contributed by atoms with E-state index in [1.165, 1.54) is 0 Å². The Bertz CT molecular complexity index is 225. The van der Waals surface area contributed by atoms with Crippen molar-refractivity contribution in [3.05, 3.63) is 0 Å². The molecule has 0 radical (unpaired) electrons. The van der Waals surface area contributed by atoms with Crippen LogP contribution in [0.5, 0.6) is 0 Å². The molecule has 0 aromatic carbocycles. The first kappa shape index (κ1) is 11.4. The van der Waals surface area contributed by atoms with Crippen molar-refractivity contribution in [1.82, 2.24) is 0 Å². The molecular weight excluding hydrogens is 210 g/mol. The number of unbranched alkanes of at least 4 members (excludes halogenated alkanes) is 1. The molecule has 7 heteroatoms. The smallest absolute Gasteiger partial charge is 0.209 e. The van der Waals surface area contributed by atoms with E-state index in [0.717, 1.165) is 0 Å². The lowest BCUT2D eigenvalue weighted by Crippen LogP contribution is -2.16. The molecule has 0 saturated carbocycles. The minimum atomic E-state index is -3.36. The highest BCUT2D eigenvalue weighted by Gasteiger charge is 2.02. The van der Waals surface area contributed by atoms with Gasteiger partial charge in [-0.25, -0.2) is 17.8 Å². The van der Waals surface area contributed by atoms with E-state index in [1.807, 2.05) is 0 Å². The minimum absolute atomic E-state index is 0.0684. The third-order valence-corrected chi connectivity index (χ3v) is 2.91. The summed E-state index contributed by atoms with van der Waals surface area (Å²) in [4.78, 5) is 0. The molecule has 0 amide bonds. The topological polar surface area (TPSA) is 77.2 Å². The molecule has 0 fully saturated rings. The Hall–Kier alpha value is 0.350. The first-order chi connectivity index (χ1) is 4.92. The van der Waals surface area contributed by atoms with E-state index in [9.17, 15) is 12.6 Å². The summed E-state index contributed by atoms with van der Waals surface area (Å²) in [6.45, 7) is 0. The maximum absolute atomic E-state index is 10.3. The normalized spacial score (nSPS) is 14.7. The van der Waals surface area contributed by atoms with E-state index in [4.69, 9.17) is 15.8 Å². The molecule has 0 bridgehead atoms. The van der Waals surface area contributed by atoms with Crippen LogP contribution in [0.15, 0.2) is 0 Å². The monoisotopic (exact) mass is 219 g/mol. The summed E-state index contributed by atoms with van der Waals surface area (Å²) in [7, 11) is 0.398. The summed E-state index contributed by atoms with van der Waals surface area (Å²) in [5, 5.41) is 4.72.